The Bertz CT molecular complexity index is 391. The molecule has 0 saturated carbocycles. The zero-order chi connectivity index (χ0) is 13.3. The van der Waals surface area contributed by atoms with E-state index in [1.54, 1.807) is 0 Å². The van der Waals surface area contributed by atoms with E-state index in [0.717, 1.165) is 6.07 Å². The summed E-state index contributed by atoms with van der Waals surface area (Å²) in [6, 6.07) is 3.50. The van der Waals surface area contributed by atoms with Gasteiger partial charge in [0, 0.05) is 12.1 Å². The molecular weight excluding hydrogens is 245 g/mol. The lowest BCUT2D eigenvalue weighted by Gasteiger charge is -2.21. The molecule has 0 fully saturated rings. The van der Waals surface area contributed by atoms with Crippen LogP contribution < -0.4 is 5.73 Å². The summed E-state index contributed by atoms with van der Waals surface area (Å²) in [5, 5.41) is 9.27. The summed E-state index contributed by atoms with van der Waals surface area (Å²) in [6.07, 6.45) is -6.93. The van der Waals surface area contributed by atoms with E-state index in [9.17, 15) is 27.1 Å². The van der Waals surface area contributed by atoms with Crippen LogP contribution in [0.5, 0.6) is 0 Å². The SMILES string of the molecule is NCC(O)c1cccc(C(F)(F)C(F)(F)F)c1. The summed E-state index contributed by atoms with van der Waals surface area (Å²) in [6.45, 7) is -0.263. The molecule has 0 aliphatic heterocycles. The first-order valence-electron chi connectivity index (χ1n) is 4.63. The Hall–Kier alpha value is -1.21. The minimum atomic E-state index is -5.67. The van der Waals surface area contributed by atoms with Crippen LogP contribution in [0.25, 0.3) is 0 Å². The fourth-order valence-corrected chi connectivity index (χ4v) is 1.24. The van der Waals surface area contributed by atoms with Crippen LogP contribution in [0.1, 0.15) is 17.2 Å². The molecule has 1 unspecified atom stereocenters. The van der Waals surface area contributed by atoms with Crippen LogP contribution in [0.3, 0.4) is 0 Å². The van der Waals surface area contributed by atoms with Crippen molar-refractivity contribution in [3.8, 4) is 0 Å². The summed E-state index contributed by atoms with van der Waals surface area (Å²) >= 11 is 0. The van der Waals surface area contributed by atoms with Crippen LogP contribution in [0.4, 0.5) is 22.0 Å². The third kappa shape index (κ3) is 2.73. The molecular formula is C10H10F5NO. The van der Waals surface area contributed by atoms with Gasteiger partial charge in [-0.25, -0.2) is 0 Å². The number of aliphatic hydroxyl groups is 1. The highest BCUT2D eigenvalue weighted by Crippen LogP contribution is 2.44. The summed E-state index contributed by atoms with van der Waals surface area (Å²) in [7, 11) is 0. The number of benzene rings is 1. The van der Waals surface area contributed by atoms with Crippen LogP contribution in [0.2, 0.25) is 0 Å². The van der Waals surface area contributed by atoms with Crippen LogP contribution in [-0.4, -0.2) is 17.8 Å². The second kappa shape index (κ2) is 4.58. The third-order valence-electron chi connectivity index (χ3n) is 2.21. The quantitative estimate of drug-likeness (QED) is 0.814. The van der Waals surface area contributed by atoms with Gasteiger partial charge in [0.05, 0.1) is 6.10 Å². The highest BCUT2D eigenvalue weighted by Gasteiger charge is 2.58. The minimum Gasteiger partial charge on any atom is -0.387 e. The molecule has 0 spiro atoms. The molecule has 1 aromatic carbocycles. The maximum atomic E-state index is 13.0. The highest BCUT2D eigenvalue weighted by molar-refractivity contribution is 5.29. The molecule has 1 rings (SSSR count). The normalized spacial score (nSPS) is 14.8. The number of hydrogen-bond donors (Lipinski definition) is 2. The van der Waals surface area contributed by atoms with E-state index in [0.29, 0.717) is 12.1 Å². The lowest BCUT2D eigenvalue weighted by atomic mass is 10.0. The van der Waals surface area contributed by atoms with Gasteiger partial charge in [0.15, 0.2) is 0 Å². The van der Waals surface area contributed by atoms with Crippen molar-refractivity contribution in [2.45, 2.75) is 18.2 Å². The van der Waals surface area contributed by atoms with E-state index in [4.69, 9.17) is 5.73 Å². The molecule has 0 aliphatic rings. The molecule has 0 radical (unpaired) electrons. The number of alkyl halides is 5. The maximum Gasteiger partial charge on any atom is 0.458 e. The Morgan fingerprint density at radius 1 is 1.18 bits per heavy atom. The van der Waals surface area contributed by atoms with Crippen molar-refractivity contribution in [3.63, 3.8) is 0 Å². The summed E-state index contributed by atoms with van der Waals surface area (Å²) < 4.78 is 62.2. The summed E-state index contributed by atoms with van der Waals surface area (Å²) in [5.74, 6) is -4.95. The van der Waals surface area contributed by atoms with Crippen molar-refractivity contribution in [1.82, 2.24) is 0 Å². The van der Waals surface area contributed by atoms with Crippen LogP contribution in [0.15, 0.2) is 24.3 Å². The lowest BCUT2D eigenvalue weighted by Crippen LogP contribution is -2.33. The topological polar surface area (TPSA) is 46.2 Å². The average Bonchev–Trinajstić information content (AvgIpc) is 2.26. The predicted octanol–water partition coefficient (Wildman–Crippen LogP) is 2.33. The molecule has 1 aromatic rings. The lowest BCUT2D eigenvalue weighted by molar-refractivity contribution is -0.289. The zero-order valence-electron chi connectivity index (χ0n) is 8.51. The second-order valence-corrected chi connectivity index (χ2v) is 3.45. The second-order valence-electron chi connectivity index (χ2n) is 3.45. The number of rotatable bonds is 3. The van der Waals surface area contributed by atoms with Crippen LogP contribution >= 0.6 is 0 Å². The summed E-state index contributed by atoms with van der Waals surface area (Å²) in [5.41, 5.74) is 3.80. The molecule has 0 aliphatic carbocycles. The van der Waals surface area contributed by atoms with Crippen LogP contribution in [-0.2, 0) is 5.92 Å². The molecule has 0 bridgehead atoms. The van der Waals surface area contributed by atoms with Gasteiger partial charge in [-0.15, -0.1) is 0 Å². The Morgan fingerprint density at radius 3 is 2.24 bits per heavy atom. The molecule has 0 saturated heterocycles. The van der Waals surface area contributed by atoms with E-state index in [1.165, 1.54) is 6.07 Å². The molecule has 2 nitrogen and oxygen atoms in total. The van der Waals surface area contributed by atoms with Gasteiger partial charge in [-0.3, -0.25) is 0 Å². The Labute approximate surface area is 93.9 Å². The van der Waals surface area contributed by atoms with Crippen molar-refractivity contribution in [2.75, 3.05) is 6.54 Å². The van der Waals surface area contributed by atoms with Gasteiger partial charge < -0.3 is 10.8 Å². The first kappa shape index (κ1) is 13.9. The Morgan fingerprint density at radius 2 is 1.76 bits per heavy atom. The molecule has 1 atom stereocenters. The van der Waals surface area contributed by atoms with Gasteiger partial charge in [0.2, 0.25) is 0 Å². The number of nitrogens with two attached hydrogens (primary N) is 1. The van der Waals surface area contributed by atoms with Gasteiger partial charge >= 0.3 is 12.1 Å². The zero-order valence-corrected chi connectivity index (χ0v) is 8.51. The van der Waals surface area contributed by atoms with Crippen molar-refractivity contribution < 1.29 is 27.1 Å². The third-order valence-corrected chi connectivity index (χ3v) is 2.21. The number of aliphatic hydroxyl groups excluding tert-OH is 1. The minimum absolute atomic E-state index is 0.0751. The van der Waals surface area contributed by atoms with Gasteiger partial charge in [-0.1, -0.05) is 18.2 Å². The molecule has 17 heavy (non-hydrogen) atoms. The maximum absolute atomic E-state index is 13.0. The van der Waals surface area contributed by atoms with Gasteiger partial charge in [0.25, 0.3) is 0 Å². The Balaban J connectivity index is 3.16. The molecule has 0 heterocycles. The van der Waals surface area contributed by atoms with E-state index < -0.39 is 23.8 Å². The van der Waals surface area contributed by atoms with Crippen molar-refractivity contribution in [1.29, 1.82) is 0 Å². The van der Waals surface area contributed by atoms with E-state index in [-0.39, 0.29) is 12.1 Å². The molecule has 0 aromatic heterocycles. The standard InChI is InChI=1S/C10H10F5NO/c11-9(12,10(13,14)15)7-3-1-2-6(4-7)8(17)5-16/h1-4,8,17H,5,16H2. The number of halogens is 5. The van der Waals surface area contributed by atoms with E-state index in [1.807, 2.05) is 0 Å². The first-order chi connectivity index (χ1) is 7.70. The average molecular weight is 255 g/mol. The molecule has 7 heteroatoms. The van der Waals surface area contributed by atoms with Gasteiger partial charge in [0.1, 0.15) is 0 Å². The molecule has 96 valence electrons. The monoisotopic (exact) mass is 255 g/mol. The van der Waals surface area contributed by atoms with Gasteiger partial charge in [-0.2, -0.15) is 22.0 Å². The van der Waals surface area contributed by atoms with E-state index in [2.05, 4.69) is 0 Å². The van der Waals surface area contributed by atoms with E-state index >= 15 is 0 Å². The molecule has 0 amide bonds. The fourth-order valence-electron chi connectivity index (χ4n) is 1.24. The van der Waals surface area contributed by atoms with Crippen molar-refractivity contribution in [2.24, 2.45) is 5.73 Å². The highest BCUT2D eigenvalue weighted by atomic mass is 19.4. The number of hydrogen-bond acceptors (Lipinski definition) is 2. The fraction of sp³-hybridized carbons (Fsp3) is 0.400. The predicted molar refractivity (Wildman–Crippen MR) is 50.4 cm³/mol. The van der Waals surface area contributed by atoms with Crippen molar-refractivity contribution in [3.05, 3.63) is 35.4 Å². The summed E-state index contributed by atoms with van der Waals surface area (Å²) in [4.78, 5) is 0. The molecule has 3 N–H and O–H groups in total. The van der Waals surface area contributed by atoms with Crippen molar-refractivity contribution >= 4 is 0 Å². The first-order valence-corrected chi connectivity index (χ1v) is 4.63. The largest absolute Gasteiger partial charge is 0.458 e. The van der Waals surface area contributed by atoms with Crippen LogP contribution in [0, 0.1) is 0 Å². The van der Waals surface area contributed by atoms with Gasteiger partial charge in [-0.05, 0) is 11.6 Å². The Kier molecular flexibility index (Phi) is 3.73. The smallest absolute Gasteiger partial charge is 0.387 e.